The highest BCUT2D eigenvalue weighted by Crippen LogP contribution is 2.27. The summed E-state index contributed by atoms with van der Waals surface area (Å²) in [5.74, 6) is 0. The number of hydrogen-bond donors (Lipinski definition) is 1. The number of nitrogens with zero attached hydrogens (tertiary/aromatic N) is 3. The lowest BCUT2D eigenvalue weighted by Gasteiger charge is -2.12. The van der Waals surface area contributed by atoms with Gasteiger partial charge in [-0.1, -0.05) is 12.1 Å². The van der Waals surface area contributed by atoms with Gasteiger partial charge in [0.15, 0.2) is 0 Å². The Morgan fingerprint density at radius 2 is 2.21 bits per heavy atom. The highest BCUT2D eigenvalue weighted by molar-refractivity contribution is 5.58. The van der Waals surface area contributed by atoms with E-state index in [0.29, 0.717) is 0 Å². The molecular formula is C15H18N4. The first-order valence-corrected chi connectivity index (χ1v) is 6.61. The quantitative estimate of drug-likeness (QED) is 0.902. The van der Waals surface area contributed by atoms with Gasteiger partial charge < -0.3 is 10.2 Å². The summed E-state index contributed by atoms with van der Waals surface area (Å²) >= 11 is 0. The van der Waals surface area contributed by atoms with Crippen molar-refractivity contribution in [1.82, 2.24) is 15.3 Å². The van der Waals surface area contributed by atoms with E-state index in [9.17, 15) is 0 Å². The lowest BCUT2D eigenvalue weighted by Crippen LogP contribution is -2.14. The third-order valence-corrected chi connectivity index (χ3v) is 3.55. The summed E-state index contributed by atoms with van der Waals surface area (Å²) in [5.41, 5.74) is 5.20. The predicted molar refractivity (Wildman–Crippen MR) is 76.0 cm³/mol. The lowest BCUT2D eigenvalue weighted by atomic mass is 10.1. The summed E-state index contributed by atoms with van der Waals surface area (Å²) in [6.45, 7) is 2.79. The van der Waals surface area contributed by atoms with Crippen LogP contribution in [-0.4, -0.2) is 23.6 Å². The summed E-state index contributed by atoms with van der Waals surface area (Å²) in [5, 5.41) is 3.42. The Kier molecular flexibility index (Phi) is 3.42. The normalized spacial score (nSPS) is 13.6. The molecule has 2 aromatic rings. The molecule has 0 atom stereocenters. The molecule has 19 heavy (non-hydrogen) atoms. The van der Waals surface area contributed by atoms with Crippen molar-refractivity contribution in [3.63, 3.8) is 0 Å². The monoisotopic (exact) mass is 254 g/mol. The number of fused-ring (bicyclic) bond motifs is 1. The Bertz CT molecular complexity index is 553. The van der Waals surface area contributed by atoms with Crippen LogP contribution in [0.2, 0.25) is 0 Å². The van der Waals surface area contributed by atoms with Gasteiger partial charge in [-0.05, 0) is 29.7 Å². The van der Waals surface area contributed by atoms with Gasteiger partial charge in [0.2, 0.25) is 0 Å². The van der Waals surface area contributed by atoms with Crippen LogP contribution in [0.15, 0.2) is 36.8 Å². The van der Waals surface area contributed by atoms with E-state index in [-0.39, 0.29) is 0 Å². The van der Waals surface area contributed by atoms with Crippen LogP contribution in [0.5, 0.6) is 0 Å². The highest BCUT2D eigenvalue weighted by Gasteiger charge is 2.15. The van der Waals surface area contributed by atoms with Gasteiger partial charge in [0.05, 0.1) is 5.69 Å². The average Bonchev–Trinajstić information content (AvgIpc) is 2.81. The van der Waals surface area contributed by atoms with E-state index in [1.807, 2.05) is 6.07 Å². The first kappa shape index (κ1) is 12.1. The molecule has 0 bridgehead atoms. The van der Waals surface area contributed by atoms with Crippen molar-refractivity contribution >= 4 is 5.69 Å². The van der Waals surface area contributed by atoms with Gasteiger partial charge in [-0.2, -0.15) is 0 Å². The first-order valence-electron chi connectivity index (χ1n) is 6.61. The predicted octanol–water partition coefficient (Wildman–Crippen LogP) is 1.76. The van der Waals surface area contributed by atoms with Crippen LogP contribution in [0, 0.1) is 0 Å². The van der Waals surface area contributed by atoms with E-state index in [1.165, 1.54) is 16.8 Å². The maximum absolute atomic E-state index is 4.20. The molecule has 4 heteroatoms. The average molecular weight is 254 g/mol. The van der Waals surface area contributed by atoms with Gasteiger partial charge >= 0.3 is 0 Å². The maximum Gasteiger partial charge on any atom is 0.115 e. The molecule has 0 spiro atoms. The zero-order valence-electron chi connectivity index (χ0n) is 11.1. The van der Waals surface area contributed by atoms with Gasteiger partial charge in [0.1, 0.15) is 6.33 Å². The molecule has 0 saturated carbocycles. The third kappa shape index (κ3) is 2.74. The molecular weight excluding hydrogens is 236 g/mol. The minimum Gasteiger partial charge on any atom is -0.374 e. The number of rotatable bonds is 4. The van der Waals surface area contributed by atoms with Gasteiger partial charge in [0, 0.05) is 38.6 Å². The fraction of sp³-hybridized carbons (Fsp3) is 0.333. The molecule has 2 heterocycles. The van der Waals surface area contributed by atoms with Crippen molar-refractivity contribution < 1.29 is 0 Å². The van der Waals surface area contributed by atoms with E-state index in [1.54, 1.807) is 12.5 Å². The number of likely N-dealkylation sites (N-methyl/N-ethyl adjacent to an activating group) is 1. The van der Waals surface area contributed by atoms with Crippen molar-refractivity contribution in [2.24, 2.45) is 0 Å². The molecule has 4 nitrogen and oxygen atoms in total. The molecule has 1 aliphatic heterocycles. The standard InChI is InChI=1S/C15H18N4/c1-19-7-5-13-8-12(2-3-15(13)19)9-17-10-14-4-6-16-11-18-14/h2-4,6,8,11,17H,5,7,9-10H2,1H3. The van der Waals surface area contributed by atoms with Crippen molar-refractivity contribution in [1.29, 1.82) is 0 Å². The van der Waals surface area contributed by atoms with Crippen LogP contribution in [0.25, 0.3) is 0 Å². The Labute approximate surface area is 113 Å². The number of anilines is 1. The van der Waals surface area contributed by atoms with Crippen LogP contribution in [0.1, 0.15) is 16.8 Å². The molecule has 0 fully saturated rings. The fourth-order valence-electron chi connectivity index (χ4n) is 2.49. The van der Waals surface area contributed by atoms with Crippen molar-refractivity contribution in [2.75, 3.05) is 18.5 Å². The van der Waals surface area contributed by atoms with Crippen molar-refractivity contribution in [3.8, 4) is 0 Å². The summed E-state index contributed by atoms with van der Waals surface area (Å²) < 4.78 is 0. The van der Waals surface area contributed by atoms with E-state index < -0.39 is 0 Å². The molecule has 0 saturated heterocycles. The summed E-state index contributed by atoms with van der Waals surface area (Å²) in [6.07, 6.45) is 4.52. The molecule has 1 aromatic carbocycles. The van der Waals surface area contributed by atoms with E-state index in [4.69, 9.17) is 0 Å². The molecule has 1 aromatic heterocycles. The third-order valence-electron chi connectivity index (χ3n) is 3.55. The number of nitrogens with one attached hydrogen (secondary N) is 1. The molecule has 3 rings (SSSR count). The van der Waals surface area contributed by atoms with Crippen LogP contribution >= 0.6 is 0 Å². The summed E-state index contributed by atoms with van der Waals surface area (Å²) in [7, 11) is 2.15. The molecule has 0 amide bonds. The largest absolute Gasteiger partial charge is 0.374 e. The number of hydrogen-bond acceptors (Lipinski definition) is 4. The molecule has 1 aliphatic rings. The number of aromatic nitrogens is 2. The van der Waals surface area contributed by atoms with Gasteiger partial charge in [0.25, 0.3) is 0 Å². The Hall–Kier alpha value is -1.94. The van der Waals surface area contributed by atoms with Crippen molar-refractivity contribution in [2.45, 2.75) is 19.5 Å². The molecule has 0 unspecified atom stereocenters. The second kappa shape index (κ2) is 5.36. The van der Waals surface area contributed by atoms with Crippen LogP contribution in [-0.2, 0) is 19.5 Å². The second-order valence-corrected chi connectivity index (χ2v) is 4.94. The van der Waals surface area contributed by atoms with Crippen LogP contribution < -0.4 is 10.2 Å². The number of benzene rings is 1. The first-order chi connectivity index (χ1) is 9.33. The second-order valence-electron chi connectivity index (χ2n) is 4.94. The summed E-state index contributed by atoms with van der Waals surface area (Å²) in [4.78, 5) is 10.4. The van der Waals surface area contributed by atoms with E-state index >= 15 is 0 Å². The minimum absolute atomic E-state index is 0.777. The topological polar surface area (TPSA) is 41.0 Å². The highest BCUT2D eigenvalue weighted by atomic mass is 15.1. The van der Waals surface area contributed by atoms with E-state index in [0.717, 1.165) is 31.7 Å². The molecule has 98 valence electrons. The van der Waals surface area contributed by atoms with Gasteiger partial charge in [-0.15, -0.1) is 0 Å². The van der Waals surface area contributed by atoms with Crippen LogP contribution in [0.3, 0.4) is 0 Å². The SMILES string of the molecule is CN1CCc2cc(CNCc3ccncn3)ccc21. The lowest BCUT2D eigenvalue weighted by molar-refractivity contribution is 0.677. The molecule has 1 N–H and O–H groups in total. The Morgan fingerprint density at radius 1 is 1.26 bits per heavy atom. The molecule has 0 radical (unpaired) electrons. The smallest absolute Gasteiger partial charge is 0.115 e. The zero-order chi connectivity index (χ0) is 13.1. The van der Waals surface area contributed by atoms with Gasteiger partial charge in [-0.25, -0.2) is 9.97 Å². The minimum atomic E-state index is 0.777. The molecule has 0 aliphatic carbocycles. The fourth-order valence-corrected chi connectivity index (χ4v) is 2.49. The van der Waals surface area contributed by atoms with Gasteiger partial charge in [-0.3, -0.25) is 0 Å². The summed E-state index contributed by atoms with van der Waals surface area (Å²) in [6, 6.07) is 8.67. The van der Waals surface area contributed by atoms with E-state index in [2.05, 4.69) is 45.4 Å². The Morgan fingerprint density at radius 3 is 3.05 bits per heavy atom. The van der Waals surface area contributed by atoms with Crippen molar-refractivity contribution in [3.05, 3.63) is 53.6 Å². The van der Waals surface area contributed by atoms with Crippen LogP contribution in [0.4, 0.5) is 5.69 Å². The maximum atomic E-state index is 4.20. The Balaban J connectivity index is 1.59. The zero-order valence-corrected chi connectivity index (χ0v) is 11.1.